The molecule has 1 aromatic carbocycles. The molecule has 1 aliphatic rings. The van der Waals surface area contributed by atoms with E-state index in [1.54, 1.807) is 0 Å². The number of aliphatic hydroxyl groups is 1. The molecular formula is C15H21F2NO2. The lowest BCUT2D eigenvalue weighted by atomic mass is 9.98. The maximum absolute atomic E-state index is 13.4. The number of hydrogen-bond acceptors (Lipinski definition) is 3. The minimum absolute atomic E-state index is 0.0571. The first-order chi connectivity index (χ1) is 9.65. The summed E-state index contributed by atoms with van der Waals surface area (Å²) in [5.74, 6) is -1.05. The van der Waals surface area contributed by atoms with Crippen molar-refractivity contribution in [3.8, 4) is 0 Å². The van der Waals surface area contributed by atoms with Crippen LogP contribution >= 0.6 is 0 Å². The highest BCUT2D eigenvalue weighted by molar-refractivity contribution is 5.44. The SMILES string of the molecule is OC(CNc1cc(F)ccc1F)COC1CCCCC1. The quantitative estimate of drug-likeness (QED) is 0.844. The third-order valence-corrected chi connectivity index (χ3v) is 3.53. The van der Waals surface area contributed by atoms with Crippen molar-refractivity contribution in [1.82, 2.24) is 0 Å². The number of ether oxygens (including phenoxy) is 1. The highest BCUT2D eigenvalue weighted by Crippen LogP contribution is 2.20. The lowest BCUT2D eigenvalue weighted by molar-refractivity contribution is -0.0195. The van der Waals surface area contributed by atoms with Gasteiger partial charge in [-0.2, -0.15) is 0 Å². The van der Waals surface area contributed by atoms with E-state index in [0.29, 0.717) is 0 Å². The van der Waals surface area contributed by atoms with Crippen molar-refractivity contribution in [2.75, 3.05) is 18.5 Å². The highest BCUT2D eigenvalue weighted by atomic mass is 19.1. The highest BCUT2D eigenvalue weighted by Gasteiger charge is 2.15. The molecule has 2 rings (SSSR count). The minimum atomic E-state index is -0.736. The van der Waals surface area contributed by atoms with Gasteiger partial charge in [-0.3, -0.25) is 0 Å². The topological polar surface area (TPSA) is 41.5 Å². The van der Waals surface area contributed by atoms with E-state index in [4.69, 9.17) is 4.74 Å². The molecule has 0 heterocycles. The Morgan fingerprint density at radius 2 is 2.00 bits per heavy atom. The average Bonchev–Trinajstić information content (AvgIpc) is 2.47. The standard InChI is InChI=1S/C15H21F2NO2/c16-11-6-7-14(17)15(8-11)18-9-12(19)10-20-13-4-2-1-3-5-13/h6-8,12-13,18-19H,1-5,9-10H2. The van der Waals surface area contributed by atoms with E-state index >= 15 is 0 Å². The summed E-state index contributed by atoms with van der Waals surface area (Å²) in [6.07, 6.45) is 5.17. The van der Waals surface area contributed by atoms with Crippen LogP contribution in [0.1, 0.15) is 32.1 Å². The lowest BCUT2D eigenvalue weighted by Crippen LogP contribution is -2.28. The minimum Gasteiger partial charge on any atom is -0.389 e. The Morgan fingerprint density at radius 3 is 2.75 bits per heavy atom. The van der Waals surface area contributed by atoms with Crippen LogP contribution in [0, 0.1) is 11.6 Å². The van der Waals surface area contributed by atoms with Gasteiger partial charge in [-0.1, -0.05) is 19.3 Å². The van der Waals surface area contributed by atoms with E-state index in [9.17, 15) is 13.9 Å². The summed E-state index contributed by atoms with van der Waals surface area (Å²) in [7, 11) is 0. The van der Waals surface area contributed by atoms with E-state index in [-0.39, 0.29) is 24.9 Å². The zero-order chi connectivity index (χ0) is 14.4. The smallest absolute Gasteiger partial charge is 0.146 e. The number of rotatable bonds is 6. The van der Waals surface area contributed by atoms with Crippen molar-refractivity contribution >= 4 is 5.69 Å². The van der Waals surface area contributed by atoms with Crippen LogP contribution < -0.4 is 5.32 Å². The summed E-state index contributed by atoms with van der Waals surface area (Å²) in [6.45, 7) is 0.349. The van der Waals surface area contributed by atoms with Gasteiger partial charge in [0.15, 0.2) is 0 Å². The Hall–Kier alpha value is -1.20. The summed E-state index contributed by atoms with van der Waals surface area (Å²) in [4.78, 5) is 0. The molecule has 1 atom stereocenters. The Kier molecular flexibility index (Phi) is 5.73. The van der Waals surface area contributed by atoms with Crippen molar-refractivity contribution < 1.29 is 18.6 Å². The molecule has 1 saturated carbocycles. The second kappa shape index (κ2) is 7.55. The van der Waals surface area contributed by atoms with Gasteiger partial charge in [0.25, 0.3) is 0 Å². The third kappa shape index (κ3) is 4.72. The number of aliphatic hydroxyl groups excluding tert-OH is 1. The van der Waals surface area contributed by atoms with Crippen molar-refractivity contribution in [3.63, 3.8) is 0 Å². The molecule has 1 fully saturated rings. The van der Waals surface area contributed by atoms with Crippen LogP contribution in [-0.4, -0.2) is 30.5 Å². The number of hydrogen-bond donors (Lipinski definition) is 2. The molecule has 112 valence electrons. The first-order valence-electron chi connectivity index (χ1n) is 7.14. The molecular weight excluding hydrogens is 264 g/mol. The molecule has 20 heavy (non-hydrogen) atoms. The maximum atomic E-state index is 13.4. The molecule has 2 N–H and O–H groups in total. The summed E-state index contributed by atoms with van der Waals surface area (Å²) in [6, 6.07) is 3.19. The Morgan fingerprint density at radius 1 is 1.25 bits per heavy atom. The van der Waals surface area contributed by atoms with Crippen molar-refractivity contribution in [1.29, 1.82) is 0 Å². The van der Waals surface area contributed by atoms with Crippen LogP contribution in [0.3, 0.4) is 0 Å². The molecule has 0 saturated heterocycles. The first-order valence-corrected chi connectivity index (χ1v) is 7.14. The lowest BCUT2D eigenvalue weighted by Gasteiger charge is -2.23. The second-order valence-electron chi connectivity index (χ2n) is 5.25. The Labute approximate surface area is 117 Å². The molecule has 0 radical (unpaired) electrons. The fraction of sp³-hybridized carbons (Fsp3) is 0.600. The van der Waals surface area contributed by atoms with Gasteiger partial charge in [0.1, 0.15) is 11.6 Å². The molecule has 0 spiro atoms. The zero-order valence-corrected chi connectivity index (χ0v) is 11.4. The van der Waals surface area contributed by atoms with Gasteiger partial charge >= 0.3 is 0 Å². The molecule has 1 aromatic rings. The van der Waals surface area contributed by atoms with Gasteiger partial charge in [0.05, 0.1) is 24.5 Å². The van der Waals surface area contributed by atoms with Gasteiger partial charge in [-0.25, -0.2) is 8.78 Å². The number of anilines is 1. The monoisotopic (exact) mass is 285 g/mol. The summed E-state index contributed by atoms with van der Waals surface area (Å²) in [5.41, 5.74) is 0.0571. The van der Waals surface area contributed by atoms with Gasteiger partial charge in [0, 0.05) is 6.54 Å². The second-order valence-corrected chi connectivity index (χ2v) is 5.25. The fourth-order valence-electron chi connectivity index (χ4n) is 2.40. The molecule has 3 nitrogen and oxygen atoms in total. The number of benzene rings is 1. The Bertz CT molecular complexity index is 422. The van der Waals surface area contributed by atoms with E-state index in [2.05, 4.69) is 5.32 Å². The first kappa shape index (κ1) is 15.2. The largest absolute Gasteiger partial charge is 0.389 e. The summed E-state index contributed by atoms with van der Waals surface area (Å²) in [5, 5.41) is 12.5. The van der Waals surface area contributed by atoms with Gasteiger partial charge in [0.2, 0.25) is 0 Å². The van der Waals surface area contributed by atoms with Crippen LogP contribution in [-0.2, 0) is 4.74 Å². The van der Waals surface area contributed by atoms with Crippen LogP contribution in [0.15, 0.2) is 18.2 Å². The van der Waals surface area contributed by atoms with Crippen molar-refractivity contribution in [3.05, 3.63) is 29.8 Å². The van der Waals surface area contributed by atoms with Crippen molar-refractivity contribution in [2.24, 2.45) is 0 Å². The van der Waals surface area contributed by atoms with Crippen molar-refractivity contribution in [2.45, 2.75) is 44.3 Å². The van der Waals surface area contributed by atoms with Gasteiger partial charge < -0.3 is 15.2 Å². The molecule has 0 bridgehead atoms. The van der Waals surface area contributed by atoms with E-state index in [1.165, 1.54) is 19.3 Å². The molecule has 1 aliphatic carbocycles. The predicted octanol–water partition coefficient (Wildman–Crippen LogP) is 3.09. The number of nitrogens with one attached hydrogen (secondary N) is 1. The molecule has 5 heteroatoms. The summed E-state index contributed by atoms with van der Waals surface area (Å²) < 4.78 is 32.0. The van der Waals surface area contributed by atoms with Crippen LogP contribution in [0.4, 0.5) is 14.5 Å². The normalized spacial score (nSPS) is 17.9. The van der Waals surface area contributed by atoms with Crippen LogP contribution in [0.5, 0.6) is 0 Å². The Balaban J connectivity index is 1.71. The maximum Gasteiger partial charge on any atom is 0.146 e. The third-order valence-electron chi connectivity index (χ3n) is 3.53. The van der Waals surface area contributed by atoms with Crippen LogP contribution in [0.2, 0.25) is 0 Å². The van der Waals surface area contributed by atoms with Gasteiger partial charge in [-0.15, -0.1) is 0 Å². The molecule has 0 amide bonds. The molecule has 0 aromatic heterocycles. The van der Waals surface area contributed by atoms with Gasteiger partial charge in [-0.05, 0) is 31.0 Å². The fourth-order valence-corrected chi connectivity index (χ4v) is 2.40. The average molecular weight is 285 g/mol. The van der Waals surface area contributed by atoms with E-state index in [1.807, 2.05) is 0 Å². The zero-order valence-electron chi connectivity index (χ0n) is 11.4. The number of halogens is 2. The molecule has 0 aliphatic heterocycles. The summed E-state index contributed by atoms with van der Waals surface area (Å²) >= 11 is 0. The van der Waals surface area contributed by atoms with Crippen LogP contribution in [0.25, 0.3) is 0 Å². The predicted molar refractivity (Wildman–Crippen MR) is 73.7 cm³/mol. The molecule has 1 unspecified atom stereocenters. The van der Waals surface area contributed by atoms with E-state index < -0.39 is 17.7 Å². The van der Waals surface area contributed by atoms with E-state index in [0.717, 1.165) is 31.0 Å².